The number of rotatable bonds is 4. The summed E-state index contributed by atoms with van der Waals surface area (Å²) in [6.07, 6.45) is 3.31. The SMILES string of the molecule is CCNC(=NCCc1cccc(F)c1)N1CCCC(C)C1.I. The quantitative estimate of drug-likeness (QED) is 0.458. The van der Waals surface area contributed by atoms with Gasteiger partial charge in [-0.05, 0) is 49.8 Å². The molecule has 22 heavy (non-hydrogen) atoms. The molecule has 1 atom stereocenters. The Morgan fingerprint density at radius 2 is 2.27 bits per heavy atom. The molecule has 1 fully saturated rings. The number of benzene rings is 1. The van der Waals surface area contributed by atoms with E-state index >= 15 is 0 Å². The molecule has 0 saturated carbocycles. The molecule has 0 amide bonds. The number of hydrogen-bond donors (Lipinski definition) is 1. The Morgan fingerprint density at radius 1 is 1.45 bits per heavy atom. The zero-order valence-electron chi connectivity index (χ0n) is 13.5. The van der Waals surface area contributed by atoms with Crippen LogP contribution in [-0.2, 0) is 6.42 Å². The number of aliphatic imine (C=N–C) groups is 1. The monoisotopic (exact) mass is 419 g/mol. The van der Waals surface area contributed by atoms with Crippen LogP contribution in [0.25, 0.3) is 0 Å². The Hall–Kier alpha value is -0.850. The highest BCUT2D eigenvalue weighted by Crippen LogP contribution is 2.15. The molecule has 1 saturated heterocycles. The Kier molecular flexibility index (Phi) is 8.75. The van der Waals surface area contributed by atoms with Gasteiger partial charge in [-0.3, -0.25) is 4.99 Å². The first-order chi connectivity index (χ1) is 10.2. The van der Waals surface area contributed by atoms with E-state index in [2.05, 4.69) is 24.1 Å². The number of halogens is 2. The highest BCUT2D eigenvalue weighted by molar-refractivity contribution is 14.0. The maximum atomic E-state index is 13.2. The van der Waals surface area contributed by atoms with E-state index in [4.69, 9.17) is 4.99 Å². The molecule has 1 aromatic carbocycles. The van der Waals surface area contributed by atoms with Gasteiger partial charge in [-0.2, -0.15) is 0 Å². The Labute approximate surface area is 150 Å². The third-order valence-corrected chi connectivity index (χ3v) is 3.84. The zero-order valence-corrected chi connectivity index (χ0v) is 15.8. The van der Waals surface area contributed by atoms with E-state index in [0.29, 0.717) is 6.54 Å². The molecule has 3 nitrogen and oxygen atoms in total. The molecule has 5 heteroatoms. The van der Waals surface area contributed by atoms with Crippen molar-refractivity contribution in [3.8, 4) is 0 Å². The van der Waals surface area contributed by atoms with Gasteiger partial charge in [0.25, 0.3) is 0 Å². The van der Waals surface area contributed by atoms with E-state index in [0.717, 1.165) is 43.5 Å². The summed E-state index contributed by atoms with van der Waals surface area (Å²) in [4.78, 5) is 7.06. The normalized spacial score (nSPS) is 18.8. The molecule has 1 unspecified atom stereocenters. The predicted molar refractivity (Wildman–Crippen MR) is 101 cm³/mol. The summed E-state index contributed by atoms with van der Waals surface area (Å²) in [5.41, 5.74) is 1.00. The van der Waals surface area contributed by atoms with Crippen LogP contribution in [0.2, 0.25) is 0 Å². The van der Waals surface area contributed by atoms with Crippen molar-refractivity contribution in [1.82, 2.24) is 10.2 Å². The minimum Gasteiger partial charge on any atom is -0.357 e. The van der Waals surface area contributed by atoms with Crippen LogP contribution in [0.15, 0.2) is 29.3 Å². The molecule has 124 valence electrons. The molecule has 1 aromatic rings. The molecule has 1 heterocycles. The second-order valence-electron chi connectivity index (χ2n) is 5.81. The average molecular weight is 419 g/mol. The van der Waals surface area contributed by atoms with E-state index in [1.54, 1.807) is 12.1 Å². The minimum absolute atomic E-state index is 0. The van der Waals surface area contributed by atoms with Gasteiger partial charge in [0, 0.05) is 26.2 Å². The minimum atomic E-state index is -0.173. The number of hydrogen-bond acceptors (Lipinski definition) is 1. The van der Waals surface area contributed by atoms with Crippen LogP contribution in [0.1, 0.15) is 32.3 Å². The van der Waals surface area contributed by atoms with Crippen LogP contribution < -0.4 is 5.32 Å². The highest BCUT2D eigenvalue weighted by Gasteiger charge is 2.18. The molecule has 1 aliphatic heterocycles. The number of likely N-dealkylation sites (tertiary alicyclic amines) is 1. The Balaban J connectivity index is 0.00000242. The van der Waals surface area contributed by atoms with Crippen molar-refractivity contribution in [3.05, 3.63) is 35.6 Å². The van der Waals surface area contributed by atoms with Crippen LogP contribution in [-0.4, -0.2) is 37.0 Å². The van der Waals surface area contributed by atoms with Gasteiger partial charge in [0.1, 0.15) is 5.82 Å². The molecular weight excluding hydrogens is 392 g/mol. The molecule has 0 aromatic heterocycles. The third-order valence-electron chi connectivity index (χ3n) is 3.84. The fraction of sp³-hybridized carbons (Fsp3) is 0.588. The fourth-order valence-electron chi connectivity index (χ4n) is 2.79. The summed E-state index contributed by atoms with van der Waals surface area (Å²) >= 11 is 0. The molecule has 0 radical (unpaired) electrons. The highest BCUT2D eigenvalue weighted by atomic mass is 127. The van der Waals surface area contributed by atoms with Gasteiger partial charge in [0.15, 0.2) is 5.96 Å². The van der Waals surface area contributed by atoms with Gasteiger partial charge in [-0.1, -0.05) is 19.1 Å². The number of piperidine rings is 1. The molecule has 1 aliphatic rings. The smallest absolute Gasteiger partial charge is 0.193 e. The molecule has 0 spiro atoms. The maximum Gasteiger partial charge on any atom is 0.193 e. The van der Waals surface area contributed by atoms with E-state index in [1.165, 1.54) is 18.9 Å². The number of guanidine groups is 1. The van der Waals surface area contributed by atoms with E-state index in [9.17, 15) is 4.39 Å². The molecular formula is C17H27FIN3. The predicted octanol–water partition coefficient (Wildman–Crippen LogP) is 3.68. The largest absolute Gasteiger partial charge is 0.357 e. The van der Waals surface area contributed by atoms with Gasteiger partial charge >= 0.3 is 0 Å². The number of nitrogens with one attached hydrogen (secondary N) is 1. The molecule has 2 rings (SSSR count). The number of nitrogens with zero attached hydrogens (tertiary/aromatic N) is 2. The standard InChI is InChI=1S/C17H26FN3.HI/c1-3-19-17(21-11-5-6-14(2)13-21)20-10-9-15-7-4-8-16(18)12-15;/h4,7-8,12,14H,3,5-6,9-11,13H2,1-2H3,(H,19,20);1H. The first kappa shape index (κ1) is 19.2. The lowest BCUT2D eigenvalue weighted by molar-refractivity contribution is 0.266. The zero-order chi connectivity index (χ0) is 15.1. The summed E-state index contributed by atoms with van der Waals surface area (Å²) in [5.74, 6) is 1.56. The van der Waals surface area contributed by atoms with Gasteiger partial charge < -0.3 is 10.2 Å². The maximum absolute atomic E-state index is 13.2. The van der Waals surface area contributed by atoms with Crippen LogP contribution >= 0.6 is 24.0 Å². The van der Waals surface area contributed by atoms with E-state index in [1.807, 2.05) is 6.07 Å². The van der Waals surface area contributed by atoms with E-state index < -0.39 is 0 Å². The first-order valence-corrected chi connectivity index (χ1v) is 7.96. The molecule has 1 N–H and O–H groups in total. The first-order valence-electron chi connectivity index (χ1n) is 7.96. The van der Waals surface area contributed by atoms with Crippen LogP contribution in [0.5, 0.6) is 0 Å². The van der Waals surface area contributed by atoms with Crippen molar-refractivity contribution < 1.29 is 4.39 Å². The van der Waals surface area contributed by atoms with Crippen molar-refractivity contribution in [2.45, 2.75) is 33.1 Å². The van der Waals surface area contributed by atoms with Crippen molar-refractivity contribution in [2.24, 2.45) is 10.9 Å². The van der Waals surface area contributed by atoms with Crippen molar-refractivity contribution in [1.29, 1.82) is 0 Å². The lowest BCUT2D eigenvalue weighted by Crippen LogP contribution is -2.46. The van der Waals surface area contributed by atoms with Gasteiger partial charge in [-0.25, -0.2) is 4.39 Å². The summed E-state index contributed by atoms with van der Waals surface area (Å²) < 4.78 is 13.2. The van der Waals surface area contributed by atoms with E-state index in [-0.39, 0.29) is 29.8 Å². The average Bonchev–Trinajstić information content (AvgIpc) is 2.46. The summed E-state index contributed by atoms with van der Waals surface area (Å²) in [7, 11) is 0. The molecule has 0 bridgehead atoms. The van der Waals surface area contributed by atoms with Gasteiger partial charge in [0.2, 0.25) is 0 Å². The van der Waals surface area contributed by atoms with Crippen LogP contribution in [0.4, 0.5) is 4.39 Å². The molecule has 0 aliphatic carbocycles. The van der Waals surface area contributed by atoms with Crippen molar-refractivity contribution in [2.75, 3.05) is 26.2 Å². The lowest BCUT2D eigenvalue weighted by atomic mass is 10.0. The van der Waals surface area contributed by atoms with Crippen molar-refractivity contribution >= 4 is 29.9 Å². The van der Waals surface area contributed by atoms with Crippen LogP contribution in [0.3, 0.4) is 0 Å². The Bertz CT molecular complexity index is 479. The van der Waals surface area contributed by atoms with Crippen molar-refractivity contribution in [3.63, 3.8) is 0 Å². The fourth-order valence-corrected chi connectivity index (χ4v) is 2.79. The summed E-state index contributed by atoms with van der Waals surface area (Å²) in [6.45, 7) is 8.11. The second kappa shape index (κ2) is 10.0. The summed E-state index contributed by atoms with van der Waals surface area (Å²) in [6, 6.07) is 6.78. The lowest BCUT2D eigenvalue weighted by Gasteiger charge is -2.33. The van der Waals surface area contributed by atoms with Gasteiger partial charge in [-0.15, -0.1) is 24.0 Å². The van der Waals surface area contributed by atoms with Gasteiger partial charge in [0.05, 0.1) is 0 Å². The third kappa shape index (κ3) is 6.10. The topological polar surface area (TPSA) is 27.6 Å². The summed E-state index contributed by atoms with van der Waals surface area (Å²) in [5, 5.41) is 3.37. The second-order valence-corrected chi connectivity index (χ2v) is 5.81. The van der Waals surface area contributed by atoms with Crippen LogP contribution in [0, 0.1) is 11.7 Å². The Morgan fingerprint density at radius 3 is 2.95 bits per heavy atom.